The van der Waals surface area contributed by atoms with Crippen LogP contribution in [-0.2, 0) is 11.2 Å². The van der Waals surface area contributed by atoms with E-state index in [0.29, 0.717) is 23.7 Å². The number of fused-ring (bicyclic) bond motifs is 1. The first-order chi connectivity index (χ1) is 14.1. The second-order valence-corrected chi connectivity index (χ2v) is 7.02. The van der Waals surface area contributed by atoms with Gasteiger partial charge in [-0.3, -0.25) is 14.8 Å². The molecule has 0 radical (unpaired) electrons. The predicted octanol–water partition coefficient (Wildman–Crippen LogP) is 4.07. The Morgan fingerprint density at radius 1 is 1.28 bits per heavy atom. The highest BCUT2D eigenvalue weighted by atomic mass is 35.5. The topological polar surface area (TPSA) is 64.1 Å². The van der Waals surface area contributed by atoms with Crippen LogP contribution in [0.25, 0.3) is 17.3 Å². The van der Waals surface area contributed by atoms with E-state index in [2.05, 4.69) is 15.3 Å². The van der Waals surface area contributed by atoms with Gasteiger partial charge in [-0.15, -0.1) is 0 Å². The number of nitrogens with zero attached hydrogens (tertiary/aromatic N) is 2. The molecule has 0 spiro atoms. The third-order valence-corrected chi connectivity index (χ3v) is 4.79. The summed E-state index contributed by atoms with van der Waals surface area (Å²) in [5, 5.41) is 3.32. The van der Waals surface area contributed by atoms with Crippen LogP contribution in [0.4, 0.5) is 4.39 Å². The predicted molar refractivity (Wildman–Crippen MR) is 109 cm³/mol. The van der Waals surface area contributed by atoms with E-state index in [4.69, 9.17) is 16.3 Å². The van der Waals surface area contributed by atoms with E-state index in [-0.39, 0.29) is 17.8 Å². The van der Waals surface area contributed by atoms with Crippen molar-refractivity contribution in [2.24, 2.45) is 0 Å². The van der Waals surface area contributed by atoms with Crippen molar-refractivity contribution >= 4 is 23.6 Å². The molecule has 1 unspecified atom stereocenters. The molecule has 2 aromatic carbocycles. The standard InChI is InChI=1S/C22H17ClFN3O2/c23-19-11-15(20-13-25-7-8-26-20)9-16-10-18(29-22(16)19)12-27-21(28)6-3-14-1-4-17(24)5-2-14/h1-9,11,13,18H,10,12H2,(H,27,28)/b6-3+. The molecule has 1 aliphatic rings. The lowest BCUT2D eigenvalue weighted by atomic mass is 10.0. The zero-order valence-corrected chi connectivity index (χ0v) is 16.1. The number of halogens is 2. The van der Waals surface area contributed by atoms with Crippen LogP contribution >= 0.6 is 11.6 Å². The molecular formula is C22H17ClFN3O2. The number of hydrogen-bond acceptors (Lipinski definition) is 4. The quantitative estimate of drug-likeness (QED) is 0.645. The van der Waals surface area contributed by atoms with E-state index in [1.807, 2.05) is 6.07 Å². The fraction of sp³-hybridized carbons (Fsp3) is 0.136. The number of carbonyl (C=O) groups is 1. The number of benzene rings is 2. The molecule has 146 valence electrons. The number of amides is 1. The molecule has 29 heavy (non-hydrogen) atoms. The fourth-order valence-corrected chi connectivity index (χ4v) is 3.40. The van der Waals surface area contributed by atoms with Crippen LogP contribution in [0.1, 0.15) is 11.1 Å². The third kappa shape index (κ3) is 4.60. The first kappa shape index (κ1) is 19.1. The van der Waals surface area contributed by atoms with Gasteiger partial charge < -0.3 is 10.1 Å². The maximum Gasteiger partial charge on any atom is 0.244 e. The van der Waals surface area contributed by atoms with E-state index < -0.39 is 0 Å². The molecule has 1 atom stereocenters. The average Bonchev–Trinajstić information content (AvgIpc) is 3.16. The van der Waals surface area contributed by atoms with E-state index in [1.165, 1.54) is 18.2 Å². The van der Waals surface area contributed by atoms with E-state index in [1.54, 1.807) is 42.9 Å². The van der Waals surface area contributed by atoms with Crippen LogP contribution in [0, 0.1) is 5.82 Å². The SMILES string of the molecule is O=C(/C=C/c1ccc(F)cc1)NCC1Cc2cc(-c3cnccn3)cc(Cl)c2O1. The molecule has 5 nitrogen and oxygen atoms in total. The molecule has 0 saturated carbocycles. The number of nitrogens with one attached hydrogen (secondary N) is 1. The van der Waals surface area contributed by atoms with Crippen LogP contribution in [0.3, 0.4) is 0 Å². The third-order valence-electron chi connectivity index (χ3n) is 4.51. The van der Waals surface area contributed by atoms with Gasteiger partial charge >= 0.3 is 0 Å². The van der Waals surface area contributed by atoms with Gasteiger partial charge in [0.2, 0.25) is 5.91 Å². The lowest BCUT2D eigenvalue weighted by Crippen LogP contribution is -2.33. The van der Waals surface area contributed by atoms with Gasteiger partial charge in [0.15, 0.2) is 0 Å². The monoisotopic (exact) mass is 409 g/mol. The fourth-order valence-electron chi connectivity index (χ4n) is 3.12. The van der Waals surface area contributed by atoms with Crippen LogP contribution in [0.15, 0.2) is 61.1 Å². The van der Waals surface area contributed by atoms with Crippen LogP contribution in [0.5, 0.6) is 5.75 Å². The molecule has 7 heteroatoms. The molecule has 3 aromatic rings. The zero-order valence-electron chi connectivity index (χ0n) is 15.3. The highest BCUT2D eigenvalue weighted by Crippen LogP contribution is 2.39. The van der Waals surface area contributed by atoms with Crippen molar-refractivity contribution < 1.29 is 13.9 Å². The lowest BCUT2D eigenvalue weighted by molar-refractivity contribution is -0.116. The van der Waals surface area contributed by atoms with Gasteiger partial charge in [0, 0.05) is 36.0 Å². The molecule has 1 N–H and O–H groups in total. The summed E-state index contributed by atoms with van der Waals surface area (Å²) in [6.07, 6.45) is 8.39. The van der Waals surface area contributed by atoms with Crippen molar-refractivity contribution in [1.29, 1.82) is 0 Å². The maximum atomic E-state index is 12.9. The van der Waals surface area contributed by atoms with E-state index >= 15 is 0 Å². The molecular weight excluding hydrogens is 393 g/mol. The second-order valence-electron chi connectivity index (χ2n) is 6.61. The van der Waals surface area contributed by atoms with Crippen molar-refractivity contribution in [2.45, 2.75) is 12.5 Å². The average molecular weight is 410 g/mol. The molecule has 0 fully saturated rings. The van der Waals surface area contributed by atoms with Gasteiger partial charge in [-0.1, -0.05) is 23.7 Å². The largest absolute Gasteiger partial charge is 0.486 e. The lowest BCUT2D eigenvalue weighted by Gasteiger charge is -2.11. The Bertz CT molecular complexity index is 1060. The Balaban J connectivity index is 1.36. The van der Waals surface area contributed by atoms with Gasteiger partial charge in [-0.2, -0.15) is 0 Å². The van der Waals surface area contributed by atoms with Gasteiger partial charge in [0.25, 0.3) is 0 Å². The molecule has 4 rings (SSSR count). The van der Waals surface area contributed by atoms with Gasteiger partial charge in [0.05, 0.1) is 23.5 Å². The molecule has 1 amide bonds. The van der Waals surface area contributed by atoms with E-state index in [0.717, 1.165) is 22.4 Å². The molecule has 1 aromatic heterocycles. The van der Waals surface area contributed by atoms with Gasteiger partial charge in [-0.25, -0.2) is 4.39 Å². The summed E-state index contributed by atoms with van der Waals surface area (Å²) >= 11 is 6.38. The number of aromatic nitrogens is 2. The second kappa shape index (κ2) is 8.41. The molecule has 1 aliphatic heterocycles. The summed E-state index contributed by atoms with van der Waals surface area (Å²) in [5.41, 5.74) is 3.32. The smallest absolute Gasteiger partial charge is 0.244 e. The van der Waals surface area contributed by atoms with Crippen LogP contribution in [-0.4, -0.2) is 28.5 Å². The number of carbonyl (C=O) groups excluding carboxylic acids is 1. The minimum absolute atomic E-state index is 0.206. The maximum absolute atomic E-state index is 12.9. The Labute approximate surface area is 172 Å². The number of ether oxygens (including phenoxy) is 1. The highest BCUT2D eigenvalue weighted by molar-refractivity contribution is 6.32. The van der Waals surface area contributed by atoms with Crippen molar-refractivity contribution in [3.63, 3.8) is 0 Å². The highest BCUT2D eigenvalue weighted by Gasteiger charge is 2.26. The Morgan fingerprint density at radius 2 is 2.10 bits per heavy atom. The zero-order chi connectivity index (χ0) is 20.2. The molecule has 2 heterocycles. The molecule has 0 saturated heterocycles. The van der Waals surface area contributed by atoms with Gasteiger partial charge in [0.1, 0.15) is 17.7 Å². The number of hydrogen-bond donors (Lipinski definition) is 1. The number of rotatable bonds is 5. The van der Waals surface area contributed by atoms with E-state index in [9.17, 15) is 9.18 Å². The Morgan fingerprint density at radius 3 is 2.86 bits per heavy atom. The summed E-state index contributed by atoms with van der Waals surface area (Å²) in [6, 6.07) is 9.69. The molecule has 0 bridgehead atoms. The van der Waals surface area contributed by atoms with Crippen molar-refractivity contribution in [3.05, 3.63) is 83.0 Å². The summed E-state index contributed by atoms with van der Waals surface area (Å²) < 4.78 is 18.8. The minimum Gasteiger partial charge on any atom is -0.486 e. The molecule has 0 aliphatic carbocycles. The summed E-state index contributed by atoms with van der Waals surface area (Å²) in [5.74, 6) is 0.0753. The normalized spacial score (nSPS) is 15.2. The summed E-state index contributed by atoms with van der Waals surface area (Å²) in [7, 11) is 0. The van der Waals surface area contributed by atoms with Crippen molar-refractivity contribution in [1.82, 2.24) is 15.3 Å². The van der Waals surface area contributed by atoms with Crippen molar-refractivity contribution in [3.8, 4) is 17.0 Å². The summed E-state index contributed by atoms with van der Waals surface area (Å²) in [6.45, 7) is 0.345. The van der Waals surface area contributed by atoms with Gasteiger partial charge in [-0.05, 0) is 35.9 Å². The Hall–Kier alpha value is -3.25. The minimum atomic E-state index is -0.314. The Kier molecular flexibility index (Phi) is 5.53. The summed E-state index contributed by atoms with van der Waals surface area (Å²) in [4.78, 5) is 20.4. The van der Waals surface area contributed by atoms with Crippen LogP contribution in [0.2, 0.25) is 5.02 Å². The van der Waals surface area contributed by atoms with Crippen molar-refractivity contribution in [2.75, 3.05) is 6.54 Å². The first-order valence-corrected chi connectivity index (χ1v) is 9.43. The van der Waals surface area contributed by atoms with Crippen LogP contribution < -0.4 is 10.1 Å². The first-order valence-electron chi connectivity index (χ1n) is 9.05.